The number of halogens is 2. The molecule has 0 aliphatic rings. The Kier molecular flexibility index (Phi) is 4.63. The molecular weight excluding hydrogens is 260 g/mol. The van der Waals surface area contributed by atoms with Gasteiger partial charge in [0.25, 0.3) is 0 Å². The smallest absolute Gasteiger partial charge is 0.166 e. The molecule has 0 radical (unpaired) electrons. The van der Waals surface area contributed by atoms with Gasteiger partial charge in [0.1, 0.15) is 5.82 Å². The Bertz CT molecular complexity index is 591. The summed E-state index contributed by atoms with van der Waals surface area (Å²) in [5.41, 5.74) is 1.17. The summed E-state index contributed by atoms with van der Waals surface area (Å²) in [4.78, 5) is 7.18. The highest BCUT2D eigenvalue weighted by Gasteiger charge is 2.08. The molecule has 1 aromatic carbocycles. The van der Waals surface area contributed by atoms with E-state index in [9.17, 15) is 8.78 Å². The second-order valence-corrected chi connectivity index (χ2v) is 4.71. The Morgan fingerprint density at radius 3 is 2.95 bits per heavy atom. The standard InChI is InChI=1S/C15H17F2N3/c1-10(8-12-4-3-5-13(16)14(12)17)9-20-11(2)15-18-6-7-19-15/h3-8,11,20H,9H2,1-2H3,(H,18,19). The van der Waals surface area contributed by atoms with E-state index in [0.717, 1.165) is 17.5 Å². The van der Waals surface area contributed by atoms with Crippen LogP contribution in [0.1, 0.15) is 31.3 Å². The fourth-order valence-electron chi connectivity index (χ4n) is 1.87. The Labute approximate surface area is 116 Å². The molecule has 2 aromatic rings. The van der Waals surface area contributed by atoms with E-state index >= 15 is 0 Å². The molecule has 0 aliphatic heterocycles. The van der Waals surface area contributed by atoms with Gasteiger partial charge in [-0.3, -0.25) is 0 Å². The van der Waals surface area contributed by atoms with Crippen molar-refractivity contribution in [3.05, 3.63) is 59.2 Å². The lowest BCUT2D eigenvalue weighted by Gasteiger charge is -2.11. The van der Waals surface area contributed by atoms with Crippen molar-refractivity contribution in [3.8, 4) is 0 Å². The molecular formula is C15H17F2N3. The van der Waals surface area contributed by atoms with Crippen molar-refractivity contribution >= 4 is 6.08 Å². The number of rotatable bonds is 5. The molecule has 5 heteroatoms. The summed E-state index contributed by atoms with van der Waals surface area (Å²) in [7, 11) is 0. The minimum absolute atomic E-state index is 0.0608. The molecule has 0 saturated heterocycles. The van der Waals surface area contributed by atoms with Gasteiger partial charge in [-0.05, 0) is 19.9 Å². The average molecular weight is 277 g/mol. The predicted molar refractivity (Wildman–Crippen MR) is 75.0 cm³/mol. The first-order valence-corrected chi connectivity index (χ1v) is 6.41. The van der Waals surface area contributed by atoms with Crippen molar-refractivity contribution in [3.63, 3.8) is 0 Å². The SMILES string of the molecule is CC(=Cc1cccc(F)c1F)CNC(C)c1ncc[nH]1. The fraction of sp³-hybridized carbons (Fsp3) is 0.267. The molecule has 106 valence electrons. The number of nitrogens with zero attached hydrogens (tertiary/aromatic N) is 1. The van der Waals surface area contributed by atoms with Crippen LogP contribution in [-0.4, -0.2) is 16.5 Å². The van der Waals surface area contributed by atoms with Crippen molar-refractivity contribution in [2.45, 2.75) is 19.9 Å². The highest BCUT2D eigenvalue weighted by molar-refractivity contribution is 5.53. The zero-order valence-electron chi connectivity index (χ0n) is 11.5. The van der Waals surface area contributed by atoms with E-state index in [1.807, 2.05) is 13.8 Å². The van der Waals surface area contributed by atoms with Gasteiger partial charge in [0, 0.05) is 24.5 Å². The van der Waals surface area contributed by atoms with E-state index < -0.39 is 11.6 Å². The van der Waals surface area contributed by atoms with Crippen LogP contribution in [-0.2, 0) is 0 Å². The minimum Gasteiger partial charge on any atom is -0.347 e. The summed E-state index contributed by atoms with van der Waals surface area (Å²) >= 11 is 0. The van der Waals surface area contributed by atoms with Crippen LogP contribution in [0.15, 0.2) is 36.2 Å². The normalized spacial score (nSPS) is 13.5. The number of aromatic nitrogens is 2. The highest BCUT2D eigenvalue weighted by Crippen LogP contribution is 2.15. The number of aromatic amines is 1. The molecule has 2 rings (SSSR count). The molecule has 1 unspecified atom stereocenters. The first kappa shape index (κ1) is 14.4. The lowest BCUT2D eigenvalue weighted by atomic mass is 10.1. The number of hydrogen-bond acceptors (Lipinski definition) is 2. The average Bonchev–Trinajstić information content (AvgIpc) is 2.95. The van der Waals surface area contributed by atoms with Crippen molar-refractivity contribution in [1.82, 2.24) is 15.3 Å². The maximum atomic E-state index is 13.5. The van der Waals surface area contributed by atoms with Crippen molar-refractivity contribution < 1.29 is 8.78 Å². The summed E-state index contributed by atoms with van der Waals surface area (Å²) in [6.07, 6.45) is 5.09. The van der Waals surface area contributed by atoms with E-state index in [4.69, 9.17) is 0 Å². The molecule has 1 aromatic heterocycles. The summed E-state index contributed by atoms with van der Waals surface area (Å²) in [5, 5.41) is 3.26. The van der Waals surface area contributed by atoms with Crippen LogP contribution in [0.4, 0.5) is 8.78 Å². The van der Waals surface area contributed by atoms with Crippen LogP contribution in [0.3, 0.4) is 0 Å². The monoisotopic (exact) mass is 277 g/mol. The van der Waals surface area contributed by atoms with E-state index in [0.29, 0.717) is 6.54 Å². The van der Waals surface area contributed by atoms with E-state index in [-0.39, 0.29) is 11.6 Å². The molecule has 0 bridgehead atoms. The van der Waals surface area contributed by atoms with Crippen LogP contribution in [0.5, 0.6) is 0 Å². The molecule has 0 spiro atoms. The Morgan fingerprint density at radius 2 is 2.25 bits per heavy atom. The quantitative estimate of drug-likeness (QED) is 0.879. The van der Waals surface area contributed by atoms with Crippen molar-refractivity contribution in [2.75, 3.05) is 6.54 Å². The summed E-state index contributed by atoms with van der Waals surface area (Å²) in [6.45, 7) is 4.42. The minimum atomic E-state index is -0.830. The second kappa shape index (κ2) is 6.43. The van der Waals surface area contributed by atoms with E-state index in [2.05, 4.69) is 15.3 Å². The van der Waals surface area contributed by atoms with Gasteiger partial charge in [-0.15, -0.1) is 0 Å². The maximum Gasteiger partial charge on any atom is 0.166 e. The third-order valence-electron chi connectivity index (χ3n) is 3.00. The van der Waals surface area contributed by atoms with Crippen LogP contribution >= 0.6 is 0 Å². The molecule has 2 N–H and O–H groups in total. The van der Waals surface area contributed by atoms with Gasteiger partial charge in [-0.25, -0.2) is 13.8 Å². The first-order valence-electron chi connectivity index (χ1n) is 6.41. The zero-order valence-corrected chi connectivity index (χ0v) is 11.5. The predicted octanol–water partition coefficient (Wildman–Crippen LogP) is 3.44. The van der Waals surface area contributed by atoms with Gasteiger partial charge in [0.2, 0.25) is 0 Å². The Hall–Kier alpha value is -2.01. The third kappa shape index (κ3) is 3.51. The summed E-state index contributed by atoms with van der Waals surface area (Å²) in [6, 6.07) is 4.22. The summed E-state index contributed by atoms with van der Waals surface area (Å²) in [5.74, 6) is -0.802. The van der Waals surface area contributed by atoms with Crippen molar-refractivity contribution in [1.29, 1.82) is 0 Å². The molecule has 0 fully saturated rings. The lowest BCUT2D eigenvalue weighted by Crippen LogP contribution is -2.21. The number of benzene rings is 1. The van der Waals surface area contributed by atoms with Crippen LogP contribution in [0, 0.1) is 11.6 Å². The Morgan fingerprint density at radius 1 is 1.45 bits per heavy atom. The first-order chi connectivity index (χ1) is 9.58. The molecule has 0 amide bonds. The number of H-pyrrole nitrogens is 1. The lowest BCUT2D eigenvalue weighted by molar-refractivity contribution is 0.507. The number of imidazole rings is 1. The van der Waals surface area contributed by atoms with Gasteiger partial charge < -0.3 is 10.3 Å². The van der Waals surface area contributed by atoms with Gasteiger partial charge in [0.05, 0.1) is 6.04 Å². The Balaban J connectivity index is 1.99. The molecule has 1 heterocycles. The molecule has 20 heavy (non-hydrogen) atoms. The molecule has 3 nitrogen and oxygen atoms in total. The zero-order chi connectivity index (χ0) is 14.5. The third-order valence-corrected chi connectivity index (χ3v) is 3.00. The van der Waals surface area contributed by atoms with Gasteiger partial charge in [0.15, 0.2) is 11.6 Å². The largest absolute Gasteiger partial charge is 0.347 e. The van der Waals surface area contributed by atoms with Gasteiger partial charge >= 0.3 is 0 Å². The van der Waals surface area contributed by atoms with E-state index in [1.54, 1.807) is 24.5 Å². The van der Waals surface area contributed by atoms with Crippen LogP contribution in [0.2, 0.25) is 0 Å². The van der Waals surface area contributed by atoms with Crippen molar-refractivity contribution in [2.24, 2.45) is 0 Å². The number of nitrogens with one attached hydrogen (secondary N) is 2. The highest BCUT2D eigenvalue weighted by atomic mass is 19.2. The van der Waals surface area contributed by atoms with Gasteiger partial charge in [-0.1, -0.05) is 23.8 Å². The van der Waals surface area contributed by atoms with Crippen LogP contribution in [0.25, 0.3) is 6.08 Å². The fourth-order valence-corrected chi connectivity index (χ4v) is 1.87. The molecule has 0 saturated carbocycles. The molecule has 1 atom stereocenters. The second-order valence-electron chi connectivity index (χ2n) is 4.71. The number of hydrogen-bond donors (Lipinski definition) is 2. The van der Waals surface area contributed by atoms with E-state index in [1.165, 1.54) is 6.07 Å². The van der Waals surface area contributed by atoms with Crippen LogP contribution < -0.4 is 5.32 Å². The topological polar surface area (TPSA) is 40.7 Å². The maximum absolute atomic E-state index is 13.5. The molecule has 0 aliphatic carbocycles. The summed E-state index contributed by atoms with van der Waals surface area (Å²) < 4.78 is 26.6. The van der Waals surface area contributed by atoms with Gasteiger partial charge in [-0.2, -0.15) is 0 Å².